The summed E-state index contributed by atoms with van der Waals surface area (Å²) in [7, 11) is 0. The van der Waals surface area contributed by atoms with Gasteiger partial charge in [-0.15, -0.1) is 0 Å². The smallest absolute Gasteiger partial charge is 0.139 e. The number of carbonyl (C=O) groups is 1. The molecule has 2 rings (SSSR count). The van der Waals surface area contributed by atoms with Gasteiger partial charge in [-0.2, -0.15) is 0 Å². The van der Waals surface area contributed by atoms with E-state index in [0.29, 0.717) is 18.6 Å². The van der Waals surface area contributed by atoms with Crippen LogP contribution in [-0.4, -0.2) is 28.2 Å². The Morgan fingerprint density at radius 3 is 2.73 bits per heavy atom. The summed E-state index contributed by atoms with van der Waals surface area (Å²) in [5.41, 5.74) is -0.223. The van der Waals surface area contributed by atoms with E-state index in [2.05, 4.69) is 6.92 Å². The number of hydrogen-bond acceptors (Lipinski definition) is 3. The molecule has 0 saturated heterocycles. The lowest BCUT2D eigenvalue weighted by Gasteiger charge is -2.53. The van der Waals surface area contributed by atoms with E-state index in [1.54, 1.807) is 0 Å². The van der Waals surface area contributed by atoms with Crippen molar-refractivity contribution in [2.75, 3.05) is 0 Å². The van der Waals surface area contributed by atoms with Crippen LogP contribution in [0.2, 0.25) is 0 Å². The van der Waals surface area contributed by atoms with Gasteiger partial charge >= 0.3 is 0 Å². The van der Waals surface area contributed by atoms with Crippen LogP contribution in [0.3, 0.4) is 0 Å². The first-order chi connectivity index (χ1) is 10.5. The van der Waals surface area contributed by atoms with Crippen LogP contribution in [0.1, 0.15) is 71.6 Å². The minimum absolute atomic E-state index is 0.0335. The number of unbranched alkanes of at least 4 members (excludes halogenated alkanes) is 4. The third-order valence-electron chi connectivity index (χ3n) is 5.89. The molecule has 0 aliphatic heterocycles. The summed E-state index contributed by atoms with van der Waals surface area (Å²) < 4.78 is 0. The lowest BCUT2D eigenvalue weighted by Crippen LogP contribution is -2.56. The van der Waals surface area contributed by atoms with Gasteiger partial charge in [0.1, 0.15) is 5.78 Å². The molecule has 0 aromatic rings. The maximum absolute atomic E-state index is 11.8. The molecule has 22 heavy (non-hydrogen) atoms. The van der Waals surface area contributed by atoms with Gasteiger partial charge in [0, 0.05) is 17.8 Å². The highest BCUT2D eigenvalue weighted by atomic mass is 16.3. The molecule has 0 unspecified atom stereocenters. The van der Waals surface area contributed by atoms with Crippen molar-refractivity contribution in [3.05, 3.63) is 12.2 Å². The van der Waals surface area contributed by atoms with Gasteiger partial charge in [-0.1, -0.05) is 58.1 Å². The van der Waals surface area contributed by atoms with Crippen molar-refractivity contribution >= 4 is 5.78 Å². The van der Waals surface area contributed by atoms with Crippen molar-refractivity contribution in [3.8, 4) is 0 Å². The van der Waals surface area contributed by atoms with Crippen LogP contribution in [0.4, 0.5) is 0 Å². The molecule has 2 aliphatic rings. The maximum atomic E-state index is 11.8. The summed E-state index contributed by atoms with van der Waals surface area (Å²) >= 11 is 0. The van der Waals surface area contributed by atoms with Crippen LogP contribution in [0.15, 0.2) is 12.2 Å². The number of aliphatic hydroxyl groups excluding tert-OH is 2. The molecule has 2 fully saturated rings. The first-order valence-corrected chi connectivity index (χ1v) is 9.06. The molecule has 0 heterocycles. The van der Waals surface area contributed by atoms with Crippen molar-refractivity contribution in [3.63, 3.8) is 0 Å². The normalized spacial score (nSPS) is 36.2. The van der Waals surface area contributed by atoms with E-state index in [9.17, 15) is 15.0 Å². The minimum Gasteiger partial charge on any atom is -0.393 e. The second-order valence-electron chi connectivity index (χ2n) is 7.49. The second kappa shape index (κ2) is 7.74. The summed E-state index contributed by atoms with van der Waals surface area (Å²) in [4.78, 5) is 11.8. The Morgan fingerprint density at radius 1 is 1.32 bits per heavy atom. The fraction of sp³-hybridized carbons (Fsp3) is 0.842. The average Bonchev–Trinajstić information content (AvgIpc) is 2.50. The molecule has 2 saturated carbocycles. The molecule has 0 bridgehead atoms. The molecule has 0 aromatic carbocycles. The Hall–Kier alpha value is -0.670. The van der Waals surface area contributed by atoms with E-state index in [0.717, 1.165) is 19.3 Å². The van der Waals surface area contributed by atoms with Crippen molar-refractivity contribution < 1.29 is 15.0 Å². The van der Waals surface area contributed by atoms with Gasteiger partial charge in [0.2, 0.25) is 0 Å². The highest BCUT2D eigenvalue weighted by Crippen LogP contribution is 2.55. The minimum atomic E-state index is -0.419. The van der Waals surface area contributed by atoms with Crippen LogP contribution in [0.25, 0.3) is 0 Å². The standard InChI is InChI=1S/C19H32O3/c1-3-4-5-6-7-8-14(20)9-10-15-16-13-18(22)19(16,2)12-11-17(15)21/h9-10,14-17,20-21H,3-8,11-13H2,1-2H3/t14-,15+,16+,17+,19-/m0/s1. The predicted molar refractivity (Wildman–Crippen MR) is 88.5 cm³/mol. The Morgan fingerprint density at radius 2 is 2.05 bits per heavy atom. The summed E-state index contributed by atoms with van der Waals surface area (Å²) in [6.45, 7) is 4.24. The van der Waals surface area contributed by atoms with Crippen LogP contribution >= 0.6 is 0 Å². The van der Waals surface area contributed by atoms with Crippen molar-refractivity contribution in [1.82, 2.24) is 0 Å². The maximum Gasteiger partial charge on any atom is 0.139 e. The molecule has 126 valence electrons. The first-order valence-electron chi connectivity index (χ1n) is 9.06. The van der Waals surface area contributed by atoms with Gasteiger partial charge in [-0.25, -0.2) is 0 Å². The fourth-order valence-electron chi connectivity index (χ4n) is 4.10. The third-order valence-corrected chi connectivity index (χ3v) is 5.89. The summed E-state index contributed by atoms with van der Waals surface area (Å²) in [5.74, 6) is 0.641. The quantitative estimate of drug-likeness (QED) is 0.532. The van der Waals surface area contributed by atoms with Gasteiger partial charge in [0.25, 0.3) is 0 Å². The average molecular weight is 308 g/mol. The zero-order valence-electron chi connectivity index (χ0n) is 14.1. The second-order valence-corrected chi connectivity index (χ2v) is 7.49. The van der Waals surface area contributed by atoms with Crippen molar-refractivity contribution in [2.45, 2.75) is 83.8 Å². The molecule has 0 amide bonds. The molecule has 2 N–H and O–H groups in total. The van der Waals surface area contributed by atoms with Gasteiger partial charge < -0.3 is 10.2 Å². The van der Waals surface area contributed by atoms with E-state index >= 15 is 0 Å². The molecule has 5 atom stereocenters. The van der Waals surface area contributed by atoms with Gasteiger partial charge in [-0.3, -0.25) is 4.79 Å². The zero-order valence-corrected chi connectivity index (χ0v) is 14.1. The third kappa shape index (κ3) is 3.80. The molecule has 3 heteroatoms. The Labute approximate surface area is 134 Å². The number of aliphatic hydroxyl groups is 2. The largest absolute Gasteiger partial charge is 0.393 e. The number of ketones is 1. The molecular weight excluding hydrogens is 276 g/mol. The van der Waals surface area contributed by atoms with E-state index in [1.165, 1.54) is 25.7 Å². The SMILES string of the molecule is CCCCCCC[C@H](O)C=C[C@H]1[C@H](O)CC[C@]2(C)C(=O)C[C@H]12. The van der Waals surface area contributed by atoms with Crippen LogP contribution in [0, 0.1) is 17.3 Å². The van der Waals surface area contributed by atoms with E-state index in [1.807, 2.05) is 19.1 Å². The van der Waals surface area contributed by atoms with Crippen LogP contribution in [0.5, 0.6) is 0 Å². The summed E-state index contributed by atoms with van der Waals surface area (Å²) in [6, 6.07) is 0. The molecule has 0 aromatic heterocycles. The Bertz CT molecular complexity index is 403. The van der Waals surface area contributed by atoms with E-state index < -0.39 is 6.10 Å². The van der Waals surface area contributed by atoms with Crippen molar-refractivity contribution in [1.29, 1.82) is 0 Å². The van der Waals surface area contributed by atoms with Gasteiger partial charge in [0.15, 0.2) is 0 Å². The number of Topliss-reactive ketones (excluding diaryl/α,β-unsaturated/α-hetero) is 1. The Kier molecular flexibility index (Phi) is 6.22. The molecule has 0 spiro atoms. The first kappa shape index (κ1) is 17.7. The fourth-order valence-corrected chi connectivity index (χ4v) is 4.10. The lowest BCUT2D eigenvalue weighted by molar-refractivity contribution is -0.157. The number of hydrogen-bond donors (Lipinski definition) is 2. The zero-order chi connectivity index (χ0) is 16.2. The number of fused-ring (bicyclic) bond motifs is 1. The van der Waals surface area contributed by atoms with E-state index in [4.69, 9.17) is 0 Å². The topological polar surface area (TPSA) is 57.5 Å². The van der Waals surface area contributed by atoms with Gasteiger partial charge in [0.05, 0.1) is 12.2 Å². The molecule has 0 radical (unpaired) electrons. The molecule has 3 nitrogen and oxygen atoms in total. The molecule has 2 aliphatic carbocycles. The summed E-state index contributed by atoms with van der Waals surface area (Å²) in [6.07, 6.45) is 11.9. The lowest BCUT2D eigenvalue weighted by atomic mass is 9.50. The predicted octanol–water partition coefficient (Wildman–Crippen LogP) is 3.63. The van der Waals surface area contributed by atoms with E-state index in [-0.39, 0.29) is 23.4 Å². The van der Waals surface area contributed by atoms with Crippen LogP contribution < -0.4 is 0 Å². The highest BCUT2D eigenvalue weighted by molar-refractivity contribution is 5.91. The highest BCUT2D eigenvalue weighted by Gasteiger charge is 2.57. The number of carbonyl (C=O) groups excluding carboxylic acids is 1. The van der Waals surface area contributed by atoms with Crippen LogP contribution in [-0.2, 0) is 4.79 Å². The monoisotopic (exact) mass is 308 g/mol. The molecular formula is C19H32O3. The number of rotatable bonds is 8. The van der Waals surface area contributed by atoms with Gasteiger partial charge in [-0.05, 0) is 25.2 Å². The Balaban J connectivity index is 1.79. The summed E-state index contributed by atoms with van der Waals surface area (Å²) in [5, 5.41) is 20.3. The van der Waals surface area contributed by atoms with Crippen molar-refractivity contribution in [2.24, 2.45) is 17.3 Å².